The Kier molecular flexibility index (Phi) is 6.18. The van der Waals surface area contributed by atoms with Crippen LogP contribution in [0.3, 0.4) is 0 Å². The Balaban J connectivity index is 2.13. The van der Waals surface area contributed by atoms with E-state index in [9.17, 15) is 15.0 Å². The van der Waals surface area contributed by atoms with Gasteiger partial charge in [-0.05, 0) is 36.8 Å². The number of nitrogens with zero attached hydrogens (tertiary/aromatic N) is 2. The van der Waals surface area contributed by atoms with E-state index in [1.54, 1.807) is 13.3 Å². The number of pyridine rings is 1. The van der Waals surface area contributed by atoms with Crippen LogP contribution < -0.4 is 4.74 Å². The summed E-state index contributed by atoms with van der Waals surface area (Å²) in [6.45, 7) is 5.82. The molecular weight excluding hydrogens is 308 g/mol. The second-order valence-electron chi connectivity index (χ2n) is 7.12. The third kappa shape index (κ3) is 4.24. The number of aliphatic carboxylic acids is 1. The van der Waals surface area contributed by atoms with Crippen molar-refractivity contribution in [1.82, 2.24) is 9.88 Å². The van der Waals surface area contributed by atoms with Gasteiger partial charge in [-0.2, -0.15) is 0 Å². The molecule has 0 bridgehead atoms. The van der Waals surface area contributed by atoms with Gasteiger partial charge in [0.25, 0.3) is 0 Å². The number of hydrogen-bond acceptors (Lipinski definition) is 5. The summed E-state index contributed by atoms with van der Waals surface area (Å²) in [5.41, 5.74) is -0.0546. The first-order chi connectivity index (χ1) is 11.4. The molecule has 0 spiro atoms. The minimum atomic E-state index is -1.08. The summed E-state index contributed by atoms with van der Waals surface area (Å²) >= 11 is 0. The van der Waals surface area contributed by atoms with E-state index in [-0.39, 0.29) is 0 Å². The Morgan fingerprint density at radius 3 is 2.92 bits per heavy atom. The third-order valence-electron chi connectivity index (χ3n) is 4.87. The number of carboxylic acids is 1. The SMILES string of the molecule is COc1cc(CN2CC[C@@H](O)[C@](CCC(C)C)(C(=O)O)C2)ccn1. The van der Waals surface area contributed by atoms with E-state index in [1.165, 1.54) is 0 Å². The van der Waals surface area contributed by atoms with E-state index in [0.717, 1.165) is 12.0 Å². The minimum Gasteiger partial charge on any atom is -0.481 e. The summed E-state index contributed by atoms with van der Waals surface area (Å²) in [5, 5.41) is 20.3. The summed E-state index contributed by atoms with van der Waals surface area (Å²) in [6.07, 6.45) is 2.66. The molecule has 0 amide bonds. The molecule has 24 heavy (non-hydrogen) atoms. The van der Waals surface area contributed by atoms with Gasteiger partial charge in [0, 0.05) is 31.9 Å². The summed E-state index contributed by atoms with van der Waals surface area (Å²) in [6, 6.07) is 3.77. The second kappa shape index (κ2) is 7.94. The first kappa shape index (κ1) is 18.7. The number of hydrogen-bond donors (Lipinski definition) is 2. The number of carbonyl (C=O) groups is 1. The zero-order valence-electron chi connectivity index (χ0n) is 14.7. The van der Waals surface area contributed by atoms with Gasteiger partial charge in [0.2, 0.25) is 5.88 Å². The van der Waals surface area contributed by atoms with E-state index >= 15 is 0 Å². The Morgan fingerprint density at radius 2 is 2.29 bits per heavy atom. The molecule has 2 N–H and O–H groups in total. The van der Waals surface area contributed by atoms with Crippen LogP contribution in [0.25, 0.3) is 0 Å². The van der Waals surface area contributed by atoms with E-state index in [2.05, 4.69) is 23.7 Å². The van der Waals surface area contributed by atoms with Crippen molar-refractivity contribution in [2.75, 3.05) is 20.2 Å². The molecule has 2 rings (SSSR count). The maximum Gasteiger partial charge on any atom is 0.313 e. The number of carboxylic acid groups (broad SMARTS) is 1. The quantitative estimate of drug-likeness (QED) is 0.794. The third-order valence-corrected chi connectivity index (χ3v) is 4.87. The van der Waals surface area contributed by atoms with Crippen LogP contribution >= 0.6 is 0 Å². The van der Waals surface area contributed by atoms with Crippen molar-refractivity contribution in [2.24, 2.45) is 11.3 Å². The molecule has 1 fully saturated rings. The first-order valence-corrected chi connectivity index (χ1v) is 8.50. The van der Waals surface area contributed by atoms with Crippen LogP contribution in [0.5, 0.6) is 5.88 Å². The van der Waals surface area contributed by atoms with Crippen LogP contribution in [0.4, 0.5) is 0 Å². The van der Waals surface area contributed by atoms with Gasteiger partial charge in [0.15, 0.2) is 0 Å². The van der Waals surface area contributed by atoms with Crippen LogP contribution in [-0.4, -0.2) is 52.4 Å². The molecule has 2 heterocycles. The predicted molar refractivity (Wildman–Crippen MR) is 90.8 cm³/mol. The number of aliphatic hydroxyl groups is 1. The molecule has 1 saturated heterocycles. The van der Waals surface area contributed by atoms with Crippen LogP contribution in [0.2, 0.25) is 0 Å². The molecule has 0 saturated carbocycles. The number of likely N-dealkylation sites (tertiary alicyclic amines) is 1. The Hall–Kier alpha value is -1.66. The molecule has 2 atom stereocenters. The zero-order valence-corrected chi connectivity index (χ0v) is 14.7. The van der Waals surface area contributed by atoms with Gasteiger partial charge in [0.1, 0.15) is 5.41 Å². The van der Waals surface area contributed by atoms with Gasteiger partial charge in [0.05, 0.1) is 13.2 Å². The Labute approximate surface area is 143 Å². The van der Waals surface area contributed by atoms with Crippen LogP contribution in [0.1, 0.15) is 38.7 Å². The van der Waals surface area contributed by atoms with E-state index in [1.807, 2.05) is 12.1 Å². The van der Waals surface area contributed by atoms with Gasteiger partial charge >= 0.3 is 5.97 Å². The van der Waals surface area contributed by atoms with Gasteiger partial charge in [-0.1, -0.05) is 13.8 Å². The molecule has 1 aliphatic rings. The molecule has 1 aromatic heterocycles. The molecule has 0 radical (unpaired) electrons. The van der Waals surface area contributed by atoms with Gasteiger partial charge < -0.3 is 14.9 Å². The maximum absolute atomic E-state index is 12.0. The fraction of sp³-hybridized carbons (Fsp3) is 0.667. The number of aliphatic hydroxyl groups excluding tert-OH is 1. The topological polar surface area (TPSA) is 82.9 Å². The Bertz CT molecular complexity index is 564. The molecule has 0 unspecified atom stereocenters. The highest BCUT2D eigenvalue weighted by atomic mass is 16.5. The molecule has 0 aliphatic carbocycles. The normalized spacial score (nSPS) is 25.0. The fourth-order valence-electron chi connectivity index (χ4n) is 3.33. The van der Waals surface area contributed by atoms with Crippen molar-refractivity contribution in [3.63, 3.8) is 0 Å². The molecule has 6 heteroatoms. The monoisotopic (exact) mass is 336 g/mol. The molecule has 0 aromatic carbocycles. The van der Waals surface area contributed by atoms with Crippen LogP contribution in [-0.2, 0) is 11.3 Å². The van der Waals surface area contributed by atoms with Crippen molar-refractivity contribution in [2.45, 2.75) is 45.8 Å². The number of aromatic nitrogens is 1. The summed E-state index contributed by atoms with van der Waals surface area (Å²) in [5.74, 6) is 0.0646. The van der Waals surface area contributed by atoms with Crippen molar-refractivity contribution in [1.29, 1.82) is 0 Å². The largest absolute Gasteiger partial charge is 0.481 e. The van der Waals surface area contributed by atoms with E-state index in [0.29, 0.717) is 44.3 Å². The zero-order chi connectivity index (χ0) is 17.7. The molecule has 134 valence electrons. The summed E-state index contributed by atoms with van der Waals surface area (Å²) in [7, 11) is 1.57. The lowest BCUT2D eigenvalue weighted by Crippen LogP contribution is -2.55. The van der Waals surface area contributed by atoms with Gasteiger partial charge in [-0.15, -0.1) is 0 Å². The number of piperidine rings is 1. The highest BCUT2D eigenvalue weighted by Crippen LogP contribution is 2.37. The molecular formula is C18H28N2O4. The molecule has 1 aromatic rings. The summed E-state index contributed by atoms with van der Waals surface area (Å²) < 4.78 is 5.14. The second-order valence-corrected chi connectivity index (χ2v) is 7.12. The highest BCUT2D eigenvalue weighted by Gasteiger charge is 2.48. The lowest BCUT2D eigenvalue weighted by Gasteiger charge is -2.43. The number of rotatable bonds is 7. The van der Waals surface area contributed by atoms with Gasteiger partial charge in [-0.3, -0.25) is 9.69 Å². The Morgan fingerprint density at radius 1 is 1.54 bits per heavy atom. The molecule has 1 aliphatic heterocycles. The van der Waals surface area contributed by atoms with Crippen molar-refractivity contribution >= 4 is 5.97 Å². The van der Waals surface area contributed by atoms with E-state index < -0.39 is 17.5 Å². The summed E-state index contributed by atoms with van der Waals surface area (Å²) in [4.78, 5) is 18.2. The minimum absolute atomic E-state index is 0.362. The number of methoxy groups -OCH3 is 1. The standard InChI is InChI=1S/C18H28N2O4/c1-13(2)4-7-18(17(22)23)12-20(9-6-15(18)21)11-14-5-8-19-16(10-14)24-3/h5,8,10,13,15,21H,4,6-7,9,11-12H2,1-3H3,(H,22,23)/t15-,18-/m1/s1. The van der Waals surface area contributed by atoms with Crippen molar-refractivity contribution in [3.8, 4) is 5.88 Å². The lowest BCUT2D eigenvalue weighted by molar-refractivity contribution is -0.165. The van der Waals surface area contributed by atoms with Crippen LogP contribution in [0, 0.1) is 11.3 Å². The fourth-order valence-corrected chi connectivity index (χ4v) is 3.33. The van der Waals surface area contributed by atoms with Crippen molar-refractivity contribution in [3.05, 3.63) is 23.9 Å². The van der Waals surface area contributed by atoms with E-state index in [4.69, 9.17) is 4.74 Å². The smallest absolute Gasteiger partial charge is 0.313 e. The first-order valence-electron chi connectivity index (χ1n) is 8.50. The van der Waals surface area contributed by atoms with Crippen LogP contribution in [0.15, 0.2) is 18.3 Å². The number of ether oxygens (including phenoxy) is 1. The molecule has 6 nitrogen and oxygen atoms in total. The maximum atomic E-state index is 12.0. The van der Waals surface area contributed by atoms with Gasteiger partial charge in [-0.25, -0.2) is 4.98 Å². The lowest BCUT2D eigenvalue weighted by atomic mass is 9.72. The average molecular weight is 336 g/mol. The predicted octanol–water partition coefficient (Wildman–Crippen LogP) is 2.16. The van der Waals surface area contributed by atoms with Crippen molar-refractivity contribution < 1.29 is 19.7 Å². The average Bonchev–Trinajstić information content (AvgIpc) is 2.55. The highest BCUT2D eigenvalue weighted by molar-refractivity contribution is 5.76.